The van der Waals surface area contributed by atoms with Crippen molar-refractivity contribution >= 4 is 11.6 Å². The van der Waals surface area contributed by atoms with Crippen molar-refractivity contribution in [1.29, 1.82) is 0 Å². The van der Waals surface area contributed by atoms with E-state index in [9.17, 15) is 14.9 Å². The number of ether oxygens (including phenoxy) is 1. The van der Waals surface area contributed by atoms with E-state index in [0.717, 1.165) is 0 Å². The molecular weight excluding hydrogens is 274 g/mol. The molecule has 3 N–H and O–H groups in total. The number of nitrogens with one attached hydrogen (secondary N) is 1. The van der Waals surface area contributed by atoms with E-state index in [1.807, 2.05) is 20.8 Å². The molecule has 0 radical (unpaired) electrons. The first-order valence-electron chi connectivity index (χ1n) is 6.74. The summed E-state index contributed by atoms with van der Waals surface area (Å²) in [6.07, 6.45) is 0. The van der Waals surface area contributed by atoms with Crippen LogP contribution in [0.15, 0.2) is 18.2 Å². The summed E-state index contributed by atoms with van der Waals surface area (Å²) in [4.78, 5) is 22.1. The molecular formula is C14H21N3O4. The Morgan fingerprint density at radius 1 is 1.43 bits per heavy atom. The Labute approximate surface area is 123 Å². The van der Waals surface area contributed by atoms with Crippen molar-refractivity contribution in [3.63, 3.8) is 0 Å². The minimum atomic E-state index is -0.552. The van der Waals surface area contributed by atoms with E-state index in [1.54, 1.807) is 6.07 Å². The summed E-state index contributed by atoms with van der Waals surface area (Å²) >= 11 is 0. The number of amides is 1. The SMILES string of the molecule is CC(C)C(C)NC(=O)COc1ccc(CN)cc1[N+](=O)[O-]. The molecule has 21 heavy (non-hydrogen) atoms. The van der Waals surface area contributed by atoms with Crippen LogP contribution in [0.3, 0.4) is 0 Å². The Morgan fingerprint density at radius 2 is 2.10 bits per heavy atom. The lowest BCUT2D eigenvalue weighted by molar-refractivity contribution is -0.385. The van der Waals surface area contributed by atoms with E-state index in [0.29, 0.717) is 11.5 Å². The first-order valence-corrected chi connectivity index (χ1v) is 6.74. The molecule has 7 nitrogen and oxygen atoms in total. The molecule has 0 spiro atoms. The maximum atomic E-state index is 11.7. The number of nitro benzene ring substituents is 1. The molecule has 1 rings (SSSR count). The van der Waals surface area contributed by atoms with Crippen LogP contribution in [-0.2, 0) is 11.3 Å². The maximum Gasteiger partial charge on any atom is 0.311 e. The van der Waals surface area contributed by atoms with Gasteiger partial charge in [0.1, 0.15) is 0 Å². The van der Waals surface area contributed by atoms with Gasteiger partial charge in [-0.2, -0.15) is 0 Å². The minimum Gasteiger partial charge on any atom is -0.477 e. The molecule has 0 fully saturated rings. The summed E-state index contributed by atoms with van der Waals surface area (Å²) < 4.78 is 5.25. The highest BCUT2D eigenvalue weighted by Gasteiger charge is 2.17. The van der Waals surface area contributed by atoms with Crippen LogP contribution in [0.1, 0.15) is 26.3 Å². The average molecular weight is 295 g/mol. The first-order chi connectivity index (χ1) is 9.85. The topological polar surface area (TPSA) is 107 Å². The largest absolute Gasteiger partial charge is 0.477 e. The van der Waals surface area contributed by atoms with Crippen LogP contribution in [0.25, 0.3) is 0 Å². The van der Waals surface area contributed by atoms with Crippen LogP contribution in [0.2, 0.25) is 0 Å². The van der Waals surface area contributed by atoms with Crippen molar-refractivity contribution < 1.29 is 14.5 Å². The molecule has 1 aromatic rings. The van der Waals surface area contributed by atoms with Gasteiger partial charge in [0.2, 0.25) is 0 Å². The van der Waals surface area contributed by atoms with Gasteiger partial charge in [-0.3, -0.25) is 14.9 Å². The predicted molar refractivity (Wildman–Crippen MR) is 78.9 cm³/mol. The highest BCUT2D eigenvalue weighted by atomic mass is 16.6. The second-order valence-electron chi connectivity index (χ2n) is 5.15. The van der Waals surface area contributed by atoms with E-state index in [2.05, 4.69) is 5.32 Å². The van der Waals surface area contributed by atoms with Crippen LogP contribution in [0.5, 0.6) is 5.75 Å². The van der Waals surface area contributed by atoms with Crippen molar-refractivity contribution in [3.05, 3.63) is 33.9 Å². The Hall–Kier alpha value is -2.15. The molecule has 0 aromatic heterocycles. The zero-order chi connectivity index (χ0) is 16.0. The Balaban J connectivity index is 2.71. The fraction of sp³-hybridized carbons (Fsp3) is 0.500. The van der Waals surface area contributed by atoms with Crippen molar-refractivity contribution in [2.45, 2.75) is 33.4 Å². The molecule has 0 saturated carbocycles. The van der Waals surface area contributed by atoms with E-state index < -0.39 is 4.92 Å². The fourth-order valence-electron chi connectivity index (χ4n) is 1.56. The molecule has 0 heterocycles. The van der Waals surface area contributed by atoms with Crippen LogP contribution >= 0.6 is 0 Å². The Bertz CT molecular complexity index is 517. The highest BCUT2D eigenvalue weighted by Crippen LogP contribution is 2.27. The number of carbonyl (C=O) groups is 1. The van der Waals surface area contributed by atoms with Gasteiger partial charge in [-0.25, -0.2) is 0 Å². The molecule has 0 bridgehead atoms. The van der Waals surface area contributed by atoms with Gasteiger partial charge in [0.05, 0.1) is 4.92 Å². The van der Waals surface area contributed by atoms with E-state index in [1.165, 1.54) is 12.1 Å². The third-order valence-corrected chi connectivity index (χ3v) is 3.20. The van der Waals surface area contributed by atoms with Crippen molar-refractivity contribution in [2.75, 3.05) is 6.61 Å². The number of rotatable bonds is 7. The molecule has 7 heteroatoms. The highest BCUT2D eigenvalue weighted by molar-refractivity contribution is 5.78. The van der Waals surface area contributed by atoms with Crippen LogP contribution in [0.4, 0.5) is 5.69 Å². The van der Waals surface area contributed by atoms with E-state index >= 15 is 0 Å². The number of hydrogen-bond acceptors (Lipinski definition) is 5. The van der Waals surface area contributed by atoms with Gasteiger partial charge in [-0.1, -0.05) is 19.9 Å². The van der Waals surface area contributed by atoms with Crippen molar-refractivity contribution in [2.24, 2.45) is 11.7 Å². The standard InChI is InChI=1S/C14H21N3O4/c1-9(2)10(3)16-14(18)8-21-13-5-4-11(7-15)6-12(13)17(19)20/h4-6,9-10H,7-8,15H2,1-3H3,(H,16,18). The quantitative estimate of drug-likeness (QED) is 0.586. The first kappa shape index (κ1) is 16.9. The molecule has 0 aliphatic heterocycles. The number of nitrogens with two attached hydrogens (primary N) is 1. The van der Waals surface area contributed by atoms with E-state index in [4.69, 9.17) is 10.5 Å². The summed E-state index contributed by atoms with van der Waals surface area (Å²) in [7, 11) is 0. The van der Waals surface area contributed by atoms with Crippen LogP contribution < -0.4 is 15.8 Å². The van der Waals surface area contributed by atoms with Gasteiger partial charge in [-0.05, 0) is 24.5 Å². The molecule has 1 aromatic carbocycles. The Morgan fingerprint density at radius 3 is 2.62 bits per heavy atom. The van der Waals surface area contributed by atoms with Gasteiger partial charge < -0.3 is 15.8 Å². The van der Waals surface area contributed by atoms with Gasteiger partial charge in [0.15, 0.2) is 12.4 Å². The zero-order valence-electron chi connectivity index (χ0n) is 12.5. The number of carbonyl (C=O) groups excluding carboxylic acids is 1. The van der Waals surface area contributed by atoms with Gasteiger partial charge in [0.25, 0.3) is 5.91 Å². The monoisotopic (exact) mass is 295 g/mol. The molecule has 0 aliphatic carbocycles. The number of nitrogens with zero attached hydrogens (tertiary/aromatic N) is 1. The fourth-order valence-corrected chi connectivity index (χ4v) is 1.56. The third kappa shape index (κ3) is 5.03. The summed E-state index contributed by atoms with van der Waals surface area (Å²) in [5, 5.41) is 13.8. The summed E-state index contributed by atoms with van der Waals surface area (Å²) in [5.74, 6) is 0.0464. The third-order valence-electron chi connectivity index (χ3n) is 3.20. The Kier molecular flexibility index (Phi) is 6.10. The number of hydrogen-bond donors (Lipinski definition) is 2. The number of benzene rings is 1. The predicted octanol–water partition coefficient (Wildman–Crippen LogP) is 1.59. The second kappa shape index (κ2) is 7.58. The summed E-state index contributed by atoms with van der Waals surface area (Å²) in [5.41, 5.74) is 5.89. The molecule has 0 saturated heterocycles. The average Bonchev–Trinajstić information content (AvgIpc) is 2.44. The summed E-state index contributed by atoms with van der Waals surface area (Å²) in [6, 6.07) is 4.45. The normalized spacial score (nSPS) is 12.0. The van der Waals surface area contributed by atoms with Crippen molar-refractivity contribution in [3.8, 4) is 5.75 Å². The molecule has 1 unspecified atom stereocenters. The summed E-state index contributed by atoms with van der Waals surface area (Å²) in [6.45, 7) is 5.80. The number of nitro groups is 1. The van der Waals surface area contributed by atoms with Crippen LogP contribution in [0, 0.1) is 16.0 Å². The van der Waals surface area contributed by atoms with Crippen LogP contribution in [-0.4, -0.2) is 23.5 Å². The minimum absolute atomic E-state index is 0.00991. The van der Waals surface area contributed by atoms with Gasteiger partial charge in [-0.15, -0.1) is 0 Å². The lowest BCUT2D eigenvalue weighted by Gasteiger charge is -2.17. The lowest BCUT2D eigenvalue weighted by Crippen LogP contribution is -2.39. The lowest BCUT2D eigenvalue weighted by atomic mass is 10.1. The zero-order valence-corrected chi connectivity index (χ0v) is 12.5. The maximum absolute atomic E-state index is 11.7. The van der Waals surface area contributed by atoms with Gasteiger partial charge >= 0.3 is 5.69 Å². The molecule has 1 amide bonds. The van der Waals surface area contributed by atoms with E-state index in [-0.39, 0.29) is 36.5 Å². The molecule has 1 atom stereocenters. The van der Waals surface area contributed by atoms with Gasteiger partial charge in [0, 0.05) is 18.7 Å². The second-order valence-corrected chi connectivity index (χ2v) is 5.15. The van der Waals surface area contributed by atoms with Crippen molar-refractivity contribution in [1.82, 2.24) is 5.32 Å². The smallest absolute Gasteiger partial charge is 0.311 e. The molecule has 116 valence electrons. The molecule has 0 aliphatic rings.